The van der Waals surface area contributed by atoms with Crippen LogP contribution in [0, 0.1) is 0 Å². The molecule has 2 aromatic rings. The van der Waals surface area contributed by atoms with Crippen molar-refractivity contribution in [2.24, 2.45) is 0 Å². The second-order valence-corrected chi connectivity index (χ2v) is 6.35. The Morgan fingerprint density at radius 1 is 1.14 bits per heavy atom. The number of ether oxygens (including phenoxy) is 3. The van der Waals surface area contributed by atoms with Crippen LogP contribution >= 0.6 is 0 Å². The van der Waals surface area contributed by atoms with Gasteiger partial charge in [-0.05, 0) is 43.3 Å². The first kappa shape index (κ1) is 19.5. The van der Waals surface area contributed by atoms with Gasteiger partial charge in [0.05, 0.1) is 32.4 Å². The second kappa shape index (κ2) is 8.65. The molecular weight excluding hydrogens is 360 g/mol. The topological polar surface area (TPSA) is 77.1 Å². The first-order valence-corrected chi connectivity index (χ1v) is 9.12. The van der Waals surface area contributed by atoms with Gasteiger partial charge in [0.1, 0.15) is 5.75 Å². The van der Waals surface area contributed by atoms with Crippen LogP contribution in [0.5, 0.6) is 17.2 Å². The summed E-state index contributed by atoms with van der Waals surface area (Å²) >= 11 is 0. The molecule has 3 rings (SSSR count). The molecule has 1 fully saturated rings. The molecule has 148 valence electrons. The van der Waals surface area contributed by atoms with Gasteiger partial charge in [0, 0.05) is 18.7 Å². The lowest BCUT2D eigenvalue weighted by molar-refractivity contribution is -0.117. The number of anilines is 1. The fourth-order valence-electron chi connectivity index (χ4n) is 3.27. The van der Waals surface area contributed by atoms with Crippen molar-refractivity contribution in [3.8, 4) is 17.2 Å². The van der Waals surface area contributed by atoms with Crippen molar-refractivity contribution in [1.82, 2.24) is 5.32 Å². The molecule has 28 heavy (non-hydrogen) atoms. The van der Waals surface area contributed by atoms with E-state index in [1.807, 2.05) is 31.2 Å². The average molecular weight is 384 g/mol. The first-order chi connectivity index (χ1) is 13.6. The fraction of sp³-hybridized carbons (Fsp3) is 0.333. The molecule has 1 heterocycles. The summed E-state index contributed by atoms with van der Waals surface area (Å²) < 4.78 is 16.0. The minimum absolute atomic E-state index is 0.0351. The molecular formula is C21H24N2O5. The molecule has 1 aliphatic heterocycles. The van der Waals surface area contributed by atoms with Crippen molar-refractivity contribution in [2.45, 2.75) is 19.4 Å². The molecule has 7 heteroatoms. The summed E-state index contributed by atoms with van der Waals surface area (Å²) in [6.07, 6.45) is 0.241. The number of carbonyl (C=O) groups is 2. The third-order valence-corrected chi connectivity index (χ3v) is 4.57. The Labute approximate surface area is 164 Å². The molecule has 2 aromatic carbocycles. The van der Waals surface area contributed by atoms with Gasteiger partial charge in [0.25, 0.3) is 5.91 Å². The number of hydrogen-bond donors (Lipinski definition) is 1. The van der Waals surface area contributed by atoms with Crippen molar-refractivity contribution in [1.29, 1.82) is 0 Å². The SMILES string of the molecule is CCOc1ccc(N2CC(NC(=O)c3cccc(OC)c3OC)CC2=O)cc1. The zero-order chi connectivity index (χ0) is 20.1. The molecule has 1 unspecified atom stereocenters. The molecule has 0 bridgehead atoms. The highest BCUT2D eigenvalue weighted by Gasteiger charge is 2.32. The number of nitrogens with zero attached hydrogens (tertiary/aromatic N) is 1. The van der Waals surface area contributed by atoms with Crippen molar-refractivity contribution in [2.75, 3.05) is 32.3 Å². The van der Waals surface area contributed by atoms with Crippen LogP contribution in [-0.2, 0) is 4.79 Å². The lowest BCUT2D eigenvalue weighted by atomic mass is 10.1. The maximum atomic E-state index is 12.7. The van der Waals surface area contributed by atoms with Crippen molar-refractivity contribution < 1.29 is 23.8 Å². The van der Waals surface area contributed by atoms with E-state index < -0.39 is 0 Å². The third-order valence-electron chi connectivity index (χ3n) is 4.57. The van der Waals surface area contributed by atoms with Crippen molar-refractivity contribution >= 4 is 17.5 Å². The predicted molar refractivity (Wildman–Crippen MR) is 105 cm³/mol. The van der Waals surface area contributed by atoms with Crippen LogP contribution in [0.2, 0.25) is 0 Å². The number of para-hydroxylation sites is 1. The van der Waals surface area contributed by atoms with Crippen LogP contribution < -0.4 is 24.4 Å². The van der Waals surface area contributed by atoms with E-state index in [1.165, 1.54) is 14.2 Å². The summed E-state index contributed by atoms with van der Waals surface area (Å²) in [5.41, 5.74) is 1.15. The molecule has 1 atom stereocenters. The Morgan fingerprint density at radius 2 is 1.89 bits per heavy atom. The molecule has 1 N–H and O–H groups in total. The maximum Gasteiger partial charge on any atom is 0.255 e. The van der Waals surface area contributed by atoms with Crippen LogP contribution in [0.4, 0.5) is 5.69 Å². The van der Waals surface area contributed by atoms with E-state index in [-0.39, 0.29) is 24.3 Å². The largest absolute Gasteiger partial charge is 0.494 e. The number of amides is 2. The van der Waals surface area contributed by atoms with E-state index in [0.717, 1.165) is 11.4 Å². The lowest BCUT2D eigenvalue weighted by Crippen LogP contribution is -2.37. The van der Waals surface area contributed by atoms with E-state index >= 15 is 0 Å². The van der Waals surface area contributed by atoms with E-state index in [1.54, 1.807) is 23.1 Å². The smallest absolute Gasteiger partial charge is 0.255 e. The summed E-state index contributed by atoms with van der Waals surface area (Å²) in [7, 11) is 3.01. The summed E-state index contributed by atoms with van der Waals surface area (Å²) in [5.74, 6) is 1.27. The van der Waals surface area contributed by atoms with Gasteiger partial charge in [0.15, 0.2) is 11.5 Å². The van der Waals surface area contributed by atoms with Gasteiger partial charge in [-0.15, -0.1) is 0 Å². The molecule has 1 aliphatic rings. The van der Waals surface area contributed by atoms with Crippen LogP contribution in [0.15, 0.2) is 42.5 Å². The van der Waals surface area contributed by atoms with Gasteiger partial charge in [-0.25, -0.2) is 0 Å². The highest BCUT2D eigenvalue weighted by molar-refractivity contribution is 6.00. The summed E-state index contributed by atoms with van der Waals surface area (Å²) in [4.78, 5) is 26.8. The quantitative estimate of drug-likeness (QED) is 0.794. The Bertz CT molecular complexity index is 850. The van der Waals surface area contributed by atoms with E-state index in [4.69, 9.17) is 14.2 Å². The molecule has 0 aliphatic carbocycles. The van der Waals surface area contributed by atoms with Crippen molar-refractivity contribution in [3.63, 3.8) is 0 Å². The fourth-order valence-corrected chi connectivity index (χ4v) is 3.27. The van der Waals surface area contributed by atoms with Crippen LogP contribution in [0.25, 0.3) is 0 Å². The molecule has 0 spiro atoms. The van der Waals surface area contributed by atoms with E-state index in [2.05, 4.69) is 5.32 Å². The lowest BCUT2D eigenvalue weighted by Gasteiger charge is -2.18. The molecule has 0 aromatic heterocycles. The molecule has 0 saturated carbocycles. The number of carbonyl (C=O) groups excluding carboxylic acids is 2. The predicted octanol–water partition coefficient (Wildman–Crippen LogP) is 2.64. The average Bonchev–Trinajstić information content (AvgIpc) is 3.08. The molecule has 0 radical (unpaired) electrons. The number of hydrogen-bond acceptors (Lipinski definition) is 5. The van der Waals surface area contributed by atoms with E-state index in [9.17, 15) is 9.59 Å². The Morgan fingerprint density at radius 3 is 2.54 bits per heavy atom. The zero-order valence-corrected chi connectivity index (χ0v) is 16.2. The summed E-state index contributed by atoms with van der Waals surface area (Å²) in [5, 5.41) is 2.92. The van der Waals surface area contributed by atoms with Gasteiger partial charge in [-0.2, -0.15) is 0 Å². The second-order valence-electron chi connectivity index (χ2n) is 6.35. The van der Waals surface area contributed by atoms with Gasteiger partial charge >= 0.3 is 0 Å². The molecule has 1 saturated heterocycles. The monoisotopic (exact) mass is 384 g/mol. The number of nitrogens with one attached hydrogen (secondary N) is 1. The van der Waals surface area contributed by atoms with Crippen LogP contribution in [0.1, 0.15) is 23.7 Å². The highest BCUT2D eigenvalue weighted by atomic mass is 16.5. The third kappa shape index (κ3) is 4.03. The number of methoxy groups -OCH3 is 2. The van der Waals surface area contributed by atoms with Gasteiger partial charge in [-0.3, -0.25) is 9.59 Å². The first-order valence-electron chi connectivity index (χ1n) is 9.12. The minimum atomic E-state index is -0.304. The van der Waals surface area contributed by atoms with Gasteiger partial charge < -0.3 is 24.4 Å². The summed E-state index contributed by atoms with van der Waals surface area (Å²) in [6.45, 7) is 2.91. The molecule has 2 amide bonds. The normalized spacial score (nSPS) is 16.0. The maximum absolute atomic E-state index is 12.7. The number of rotatable bonds is 7. The Hall–Kier alpha value is -3.22. The van der Waals surface area contributed by atoms with Crippen molar-refractivity contribution in [3.05, 3.63) is 48.0 Å². The summed E-state index contributed by atoms with van der Waals surface area (Å²) in [6, 6.07) is 12.2. The Kier molecular flexibility index (Phi) is 6.03. The molecule has 7 nitrogen and oxygen atoms in total. The minimum Gasteiger partial charge on any atom is -0.494 e. The number of benzene rings is 2. The van der Waals surface area contributed by atoms with Crippen LogP contribution in [-0.4, -0.2) is 45.2 Å². The zero-order valence-electron chi connectivity index (χ0n) is 16.2. The highest BCUT2D eigenvalue weighted by Crippen LogP contribution is 2.31. The van der Waals surface area contributed by atoms with Gasteiger partial charge in [-0.1, -0.05) is 6.07 Å². The van der Waals surface area contributed by atoms with E-state index in [0.29, 0.717) is 30.2 Å². The van der Waals surface area contributed by atoms with Crippen LogP contribution in [0.3, 0.4) is 0 Å². The van der Waals surface area contributed by atoms with Gasteiger partial charge in [0.2, 0.25) is 5.91 Å². The Balaban J connectivity index is 1.70. The standard InChI is InChI=1S/C21H24N2O5/c1-4-28-16-10-8-15(9-11-16)23-13-14(12-19(23)24)22-21(25)17-6-5-7-18(26-2)20(17)27-3/h5-11,14H,4,12-13H2,1-3H3,(H,22,25).